The van der Waals surface area contributed by atoms with E-state index in [2.05, 4.69) is 26.7 Å². The number of hydrogen-bond donors (Lipinski definition) is 2. The Morgan fingerprint density at radius 3 is 2.50 bits per heavy atom. The van der Waals surface area contributed by atoms with Crippen molar-refractivity contribution in [1.82, 2.24) is 14.9 Å². The van der Waals surface area contributed by atoms with Crippen molar-refractivity contribution in [3.63, 3.8) is 0 Å². The van der Waals surface area contributed by atoms with Gasteiger partial charge in [-0.2, -0.15) is 0 Å². The fourth-order valence-corrected chi connectivity index (χ4v) is 4.05. The standard InChI is InChI=1S/C28H28ClN3O2/c1-2-28(34)15-17-32(20-27(28)33)16-3-4-25-12-5-21(18-30-25)6-13-26-14-9-23(19-31-26)22-7-10-24(29)11-8-22/h3-5,7-12,14,18-19,27,33-34H,2,15-17,20H2,1H3/b4-3+/t27-,28+/m0/s1. The molecule has 0 saturated carbocycles. The van der Waals surface area contributed by atoms with Crippen LogP contribution in [0.25, 0.3) is 17.2 Å². The molecular weight excluding hydrogens is 446 g/mol. The predicted molar refractivity (Wildman–Crippen MR) is 136 cm³/mol. The van der Waals surface area contributed by atoms with Gasteiger partial charge in [-0.15, -0.1) is 0 Å². The summed E-state index contributed by atoms with van der Waals surface area (Å²) in [7, 11) is 0. The smallest absolute Gasteiger partial charge is 0.113 e. The van der Waals surface area contributed by atoms with Gasteiger partial charge in [-0.25, -0.2) is 4.98 Å². The lowest BCUT2D eigenvalue weighted by molar-refractivity contribution is -0.118. The maximum atomic E-state index is 10.4. The van der Waals surface area contributed by atoms with Crippen LogP contribution < -0.4 is 0 Å². The number of pyridine rings is 2. The van der Waals surface area contributed by atoms with Gasteiger partial charge in [-0.3, -0.25) is 9.88 Å². The minimum atomic E-state index is -0.951. The number of halogens is 1. The van der Waals surface area contributed by atoms with E-state index in [9.17, 15) is 10.2 Å². The van der Waals surface area contributed by atoms with Gasteiger partial charge in [0.25, 0.3) is 0 Å². The summed E-state index contributed by atoms with van der Waals surface area (Å²) in [5, 5.41) is 21.3. The SMILES string of the molecule is CC[C@@]1(O)CCN(C/C=C/c2ccc(C#Cc3ccc(-c4ccc(Cl)cc4)cn3)cn2)C[C@@H]1O. The number of aliphatic hydroxyl groups excluding tert-OH is 1. The van der Waals surface area contributed by atoms with Crippen LogP contribution in [-0.2, 0) is 0 Å². The summed E-state index contributed by atoms with van der Waals surface area (Å²) < 4.78 is 0. The Kier molecular flexibility index (Phi) is 7.77. The number of aromatic nitrogens is 2. The summed E-state index contributed by atoms with van der Waals surface area (Å²) in [6.07, 6.45) is 8.00. The molecule has 0 spiro atoms. The molecule has 0 amide bonds. The maximum absolute atomic E-state index is 10.4. The van der Waals surface area contributed by atoms with Crippen molar-refractivity contribution < 1.29 is 10.2 Å². The molecule has 2 aromatic heterocycles. The van der Waals surface area contributed by atoms with Crippen molar-refractivity contribution in [2.45, 2.75) is 31.5 Å². The predicted octanol–water partition coefficient (Wildman–Crippen LogP) is 4.42. The molecule has 1 aromatic carbocycles. The molecule has 0 radical (unpaired) electrons. The lowest BCUT2D eigenvalue weighted by Gasteiger charge is -2.41. The van der Waals surface area contributed by atoms with Crippen molar-refractivity contribution >= 4 is 17.7 Å². The fourth-order valence-electron chi connectivity index (χ4n) is 3.92. The third-order valence-electron chi connectivity index (χ3n) is 6.24. The zero-order chi connectivity index (χ0) is 24.0. The Labute approximate surface area is 205 Å². The Morgan fingerprint density at radius 1 is 1.06 bits per heavy atom. The minimum Gasteiger partial charge on any atom is -0.389 e. The zero-order valence-corrected chi connectivity index (χ0v) is 19.9. The molecule has 6 heteroatoms. The molecular formula is C28H28ClN3O2. The first-order chi connectivity index (χ1) is 16.4. The van der Waals surface area contributed by atoms with Crippen molar-refractivity contribution in [3.8, 4) is 23.0 Å². The van der Waals surface area contributed by atoms with Gasteiger partial charge >= 0.3 is 0 Å². The average Bonchev–Trinajstić information content (AvgIpc) is 2.86. The number of likely N-dealkylation sites (tertiary alicyclic amines) is 1. The van der Waals surface area contributed by atoms with Crippen LogP contribution in [0.5, 0.6) is 0 Å². The number of nitrogens with zero attached hydrogens (tertiary/aromatic N) is 3. The summed E-state index contributed by atoms with van der Waals surface area (Å²) in [6, 6.07) is 15.4. The first kappa shape index (κ1) is 24.1. The van der Waals surface area contributed by atoms with E-state index in [0.29, 0.717) is 36.6 Å². The first-order valence-corrected chi connectivity index (χ1v) is 11.8. The highest BCUT2D eigenvalue weighted by atomic mass is 35.5. The van der Waals surface area contributed by atoms with Crippen LogP contribution in [0.2, 0.25) is 5.02 Å². The van der Waals surface area contributed by atoms with E-state index in [-0.39, 0.29) is 0 Å². The van der Waals surface area contributed by atoms with Gasteiger partial charge in [0.2, 0.25) is 0 Å². The van der Waals surface area contributed by atoms with Crippen LogP contribution in [0.4, 0.5) is 0 Å². The van der Waals surface area contributed by atoms with Crippen LogP contribution in [0.1, 0.15) is 36.7 Å². The molecule has 34 heavy (non-hydrogen) atoms. The van der Waals surface area contributed by atoms with Crippen molar-refractivity contribution in [1.29, 1.82) is 0 Å². The summed E-state index contributed by atoms with van der Waals surface area (Å²) in [6.45, 7) is 3.86. The van der Waals surface area contributed by atoms with Gasteiger partial charge in [-0.05, 0) is 60.7 Å². The van der Waals surface area contributed by atoms with Crippen LogP contribution in [0.15, 0.2) is 67.0 Å². The van der Waals surface area contributed by atoms with E-state index in [0.717, 1.165) is 28.9 Å². The first-order valence-electron chi connectivity index (χ1n) is 11.4. The number of aliphatic hydroxyl groups is 2. The molecule has 1 aliphatic rings. The highest BCUT2D eigenvalue weighted by Gasteiger charge is 2.38. The monoisotopic (exact) mass is 473 g/mol. The summed E-state index contributed by atoms with van der Waals surface area (Å²) in [4.78, 5) is 11.0. The second-order valence-corrected chi connectivity index (χ2v) is 8.98. The molecule has 1 saturated heterocycles. The van der Waals surface area contributed by atoms with E-state index >= 15 is 0 Å². The number of β-amino-alcohol motifs (C(OH)–C–C–N with tert-alkyl or cyclic N) is 1. The van der Waals surface area contributed by atoms with Crippen molar-refractivity contribution in [2.24, 2.45) is 0 Å². The molecule has 3 heterocycles. The third-order valence-corrected chi connectivity index (χ3v) is 6.49. The highest BCUT2D eigenvalue weighted by molar-refractivity contribution is 6.30. The highest BCUT2D eigenvalue weighted by Crippen LogP contribution is 2.25. The fraction of sp³-hybridized carbons (Fsp3) is 0.286. The molecule has 5 nitrogen and oxygen atoms in total. The average molecular weight is 474 g/mol. The van der Waals surface area contributed by atoms with Crippen molar-refractivity contribution in [2.75, 3.05) is 19.6 Å². The van der Waals surface area contributed by atoms with Gasteiger partial charge in [0, 0.05) is 48.2 Å². The molecule has 3 aromatic rings. The molecule has 1 fully saturated rings. The summed E-state index contributed by atoms with van der Waals surface area (Å²) in [5.74, 6) is 6.18. The Bertz CT molecular complexity index is 1180. The normalized spacial score (nSPS) is 20.8. The van der Waals surface area contributed by atoms with Gasteiger partial charge < -0.3 is 10.2 Å². The Hall–Kier alpha value is -3.01. The van der Waals surface area contributed by atoms with Crippen molar-refractivity contribution in [3.05, 3.63) is 89.0 Å². The van der Waals surface area contributed by atoms with Crippen LogP contribution in [0.3, 0.4) is 0 Å². The molecule has 2 atom stereocenters. The molecule has 2 N–H and O–H groups in total. The quantitative estimate of drug-likeness (QED) is 0.537. The van der Waals surface area contributed by atoms with E-state index in [4.69, 9.17) is 11.6 Å². The molecule has 1 aliphatic heterocycles. The van der Waals surface area contributed by atoms with E-state index in [1.54, 1.807) is 6.20 Å². The van der Waals surface area contributed by atoms with Gasteiger partial charge in [-0.1, -0.05) is 48.7 Å². The number of rotatable bonds is 5. The molecule has 174 valence electrons. The van der Waals surface area contributed by atoms with E-state index in [1.165, 1.54) is 0 Å². The van der Waals surface area contributed by atoms with Gasteiger partial charge in [0.15, 0.2) is 0 Å². The maximum Gasteiger partial charge on any atom is 0.113 e. The van der Waals surface area contributed by atoms with E-state index < -0.39 is 11.7 Å². The second kappa shape index (κ2) is 10.9. The van der Waals surface area contributed by atoms with Gasteiger partial charge in [0.05, 0.1) is 17.4 Å². The minimum absolute atomic E-state index is 0.478. The largest absolute Gasteiger partial charge is 0.389 e. The van der Waals surface area contributed by atoms with Crippen LogP contribution in [0, 0.1) is 11.8 Å². The second-order valence-electron chi connectivity index (χ2n) is 8.55. The summed E-state index contributed by atoms with van der Waals surface area (Å²) >= 11 is 5.95. The Balaban J connectivity index is 1.31. The Morgan fingerprint density at radius 2 is 1.85 bits per heavy atom. The lowest BCUT2D eigenvalue weighted by Crippen LogP contribution is -2.55. The van der Waals surface area contributed by atoms with E-state index in [1.807, 2.05) is 73.8 Å². The molecule has 4 rings (SSSR count). The summed E-state index contributed by atoms with van der Waals surface area (Å²) in [5.41, 5.74) is 3.48. The number of piperidine rings is 1. The van der Waals surface area contributed by atoms with Crippen LogP contribution >= 0.6 is 11.6 Å². The topological polar surface area (TPSA) is 69.5 Å². The molecule has 0 unspecified atom stereocenters. The van der Waals surface area contributed by atoms with Gasteiger partial charge in [0.1, 0.15) is 5.69 Å². The van der Waals surface area contributed by atoms with Crippen LogP contribution in [-0.4, -0.2) is 56.4 Å². The lowest BCUT2D eigenvalue weighted by atomic mass is 9.86. The third kappa shape index (κ3) is 6.11. The zero-order valence-electron chi connectivity index (χ0n) is 19.2. The molecule has 0 bridgehead atoms. The number of benzene rings is 1. The molecule has 0 aliphatic carbocycles. The number of hydrogen-bond acceptors (Lipinski definition) is 5.